The van der Waals surface area contributed by atoms with Crippen molar-refractivity contribution in [2.45, 2.75) is 0 Å². The van der Waals surface area contributed by atoms with Crippen molar-refractivity contribution in [2.24, 2.45) is 5.10 Å². The number of amides is 1. The van der Waals surface area contributed by atoms with Gasteiger partial charge in [0, 0.05) is 10.0 Å². The Bertz CT molecular complexity index is 396. The van der Waals surface area contributed by atoms with E-state index in [0.29, 0.717) is 0 Å². The molecule has 1 aromatic rings. The van der Waals surface area contributed by atoms with Gasteiger partial charge in [-0.25, -0.2) is 14.6 Å². The van der Waals surface area contributed by atoms with Crippen molar-refractivity contribution in [1.29, 1.82) is 0 Å². The first-order valence-electron chi connectivity index (χ1n) is 3.95. The van der Waals surface area contributed by atoms with E-state index in [1.807, 2.05) is 0 Å². The molecule has 0 bridgehead atoms. The van der Waals surface area contributed by atoms with Crippen molar-refractivity contribution >= 4 is 28.2 Å². The first kappa shape index (κ1) is 11.6. The van der Waals surface area contributed by atoms with E-state index in [9.17, 15) is 9.18 Å². The minimum atomic E-state index is -0.707. The van der Waals surface area contributed by atoms with Crippen LogP contribution in [0.2, 0.25) is 0 Å². The van der Waals surface area contributed by atoms with Crippen LogP contribution in [0, 0.1) is 5.82 Å². The van der Waals surface area contributed by atoms with Gasteiger partial charge in [-0.15, -0.1) is 0 Å². The predicted octanol–water partition coefficient (Wildman–Crippen LogP) is 2.28. The summed E-state index contributed by atoms with van der Waals surface area (Å²) in [7, 11) is 1.21. The number of ether oxygens (including phenoxy) is 1. The Hall–Kier alpha value is -1.43. The summed E-state index contributed by atoms with van der Waals surface area (Å²) in [4.78, 5) is 10.6. The molecule has 0 atom stereocenters. The number of rotatable bonds is 2. The number of carbonyl (C=O) groups excluding carboxylic acids is 1. The lowest BCUT2D eigenvalue weighted by Crippen LogP contribution is -2.16. The van der Waals surface area contributed by atoms with Gasteiger partial charge in [0.05, 0.1) is 13.3 Å². The highest BCUT2D eigenvalue weighted by atomic mass is 79.9. The summed E-state index contributed by atoms with van der Waals surface area (Å²) in [5.74, 6) is -0.423. The van der Waals surface area contributed by atoms with Gasteiger partial charge < -0.3 is 4.74 Å². The second kappa shape index (κ2) is 5.45. The third-order valence-corrected chi connectivity index (χ3v) is 2.00. The zero-order valence-corrected chi connectivity index (χ0v) is 9.42. The SMILES string of the molecule is COC(=O)N/N=C\c1cc(Br)ccc1F. The van der Waals surface area contributed by atoms with Crippen LogP contribution in [0.1, 0.15) is 5.56 Å². The number of hydrazone groups is 1. The number of halogens is 2. The smallest absolute Gasteiger partial charge is 0.427 e. The zero-order chi connectivity index (χ0) is 11.3. The molecule has 1 aromatic carbocycles. The van der Waals surface area contributed by atoms with Crippen molar-refractivity contribution in [2.75, 3.05) is 7.11 Å². The average Bonchev–Trinajstić information content (AvgIpc) is 2.23. The number of benzene rings is 1. The Balaban J connectivity index is 2.71. The van der Waals surface area contributed by atoms with Crippen LogP contribution in [0.4, 0.5) is 9.18 Å². The van der Waals surface area contributed by atoms with Crippen molar-refractivity contribution in [3.05, 3.63) is 34.1 Å². The highest BCUT2D eigenvalue weighted by Gasteiger charge is 2.00. The summed E-state index contributed by atoms with van der Waals surface area (Å²) < 4.78 is 18.1. The van der Waals surface area contributed by atoms with Crippen molar-refractivity contribution in [1.82, 2.24) is 5.43 Å². The summed E-state index contributed by atoms with van der Waals surface area (Å²) in [6.07, 6.45) is 0.485. The fraction of sp³-hybridized carbons (Fsp3) is 0.111. The van der Waals surface area contributed by atoms with Gasteiger partial charge >= 0.3 is 6.09 Å². The Morgan fingerprint density at radius 2 is 2.40 bits per heavy atom. The molecule has 0 spiro atoms. The van der Waals surface area contributed by atoms with Crippen LogP contribution in [-0.4, -0.2) is 19.4 Å². The molecule has 0 aliphatic heterocycles. The molecule has 0 saturated heterocycles. The van der Waals surface area contributed by atoms with Crippen LogP contribution < -0.4 is 5.43 Å². The van der Waals surface area contributed by atoms with Gasteiger partial charge in [0.2, 0.25) is 0 Å². The molecule has 15 heavy (non-hydrogen) atoms. The van der Waals surface area contributed by atoms with Crippen LogP contribution in [0.5, 0.6) is 0 Å². The Morgan fingerprint density at radius 1 is 1.67 bits per heavy atom. The second-order valence-electron chi connectivity index (χ2n) is 2.53. The Kier molecular flexibility index (Phi) is 4.23. The molecule has 6 heteroatoms. The molecule has 1 N–H and O–H groups in total. The number of hydrogen-bond acceptors (Lipinski definition) is 3. The summed E-state index contributed by atoms with van der Waals surface area (Å²) >= 11 is 3.19. The molecule has 0 saturated carbocycles. The number of hydrogen-bond donors (Lipinski definition) is 1. The molecular formula is C9H8BrFN2O2. The van der Waals surface area contributed by atoms with E-state index in [1.165, 1.54) is 25.5 Å². The molecule has 0 aromatic heterocycles. The normalized spacial score (nSPS) is 10.3. The lowest BCUT2D eigenvalue weighted by Gasteiger charge is -1.98. The van der Waals surface area contributed by atoms with Crippen molar-refractivity contribution in [3.8, 4) is 0 Å². The maximum Gasteiger partial charge on any atom is 0.427 e. The molecular weight excluding hydrogens is 267 g/mol. The van der Waals surface area contributed by atoms with Gasteiger partial charge in [-0.2, -0.15) is 5.10 Å². The fourth-order valence-corrected chi connectivity index (χ4v) is 1.19. The van der Waals surface area contributed by atoms with E-state index in [-0.39, 0.29) is 5.56 Å². The Labute approximate surface area is 94.2 Å². The second-order valence-corrected chi connectivity index (χ2v) is 3.44. The van der Waals surface area contributed by atoms with Gasteiger partial charge in [0.25, 0.3) is 0 Å². The lowest BCUT2D eigenvalue weighted by molar-refractivity contribution is 0.171. The maximum absolute atomic E-state index is 13.1. The van der Waals surface area contributed by atoms with Gasteiger partial charge in [0.1, 0.15) is 5.82 Å². The number of nitrogens with zero attached hydrogens (tertiary/aromatic N) is 1. The van der Waals surface area contributed by atoms with Crippen LogP contribution in [-0.2, 0) is 4.74 Å². The van der Waals surface area contributed by atoms with Gasteiger partial charge in [-0.05, 0) is 18.2 Å². The quantitative estimate of drug-likeness (QED) is 0.665. The minimum Gasteiger partial charge on any atom is -0.452 e. The number of carbonyl (C=O) groups is 1. The number of methoxy groups -OCH3 is 1. The van der Waals surface area contributed by atoms with E-state index in [0.717, 1.165) is 4.47 Å². The molecule has 0 radical (unpaired) electrons. The van der Waals surface area contributed by atoms with Crippen molar-refractivity contribution < 1.29 is 13.9 Å². The predicted molar refractivity (Wildman–Crippen MR) is 57.2 cm³/mol. The lowest BCUT2D eigenvalue weighted by atomic mass is 10.2. The average molecular weight is 275 g/mol. The summed E-state index contributed by atoms with van der Waals surface area (Å²) in [5.41, 5.74) is 2.32. The molecule has 0 unspecified atom stereocenters. The van der Waals surface area contributed by atoms with Crippen LogP contribution in [0.25, 0.3) is 0 Å². The third kappa shape index (κ3) is 3.67. The topological polar surface area (TPSA) is 50.7 Å². The molecule has 1 amide bonds. The monoisotopic (exact) mass is 274 g/mol. The number of nitrogens with one attached hydrogen (secondary N) is 1. The molecule has 0 heterocycles. The van der Waals surface area contributed by atoms with E-state index in [1.54, 1.807) is 6.07 Å². The molecule has 0 fully saturated rings. The molecule has 0 aliphatic rings. The summed E-state index contributed by atoms with van der Waals surface area (Å²) in [6.45, 7) is 0. The first-order valence-corrected chi connectivity index (χ1v) is 4.75. The fourth-order valence-electron chi connectivity index (χ4n) is 0.814. The third-order valence-electron chi connectivity index (χ3n) is 1.50. The van der Waals surface area contributed by atoms with E-state index in [2.05, 4.69) is 31.2 Å². The molecule has 80 valence electrons. The molecule has 4 nitrogen and oxygen atoms in total. The van der Waals surface area contributed by atoms with Gasteiger partial charge in [0.15, 0.2) is 0 Å². The molecule has 1 rings (SSSR count). The molecule has 0 aliphatic carbocycles. The first-order chi connectivity index (χ1) is 7.13. The van der Waals surface area contributed by atoms with E-state index in [4.69, 9.17) is 0 Å². The Morgan fingerprint density at radius 3 is 3.07 bits per heavy atom. The van der Waals surface area contributed by atoms with Gasteiger partial charge in [-0.1, -0.05) is 15.9 Å². The van der Waals surface area contributed by atoms with Crippen LogP contribution >= 0.6 is 15.9 Å². The maximum atomic E-state index is 13.1. The van der Waals surface area contributed by atoms with Crippen molar-refractivity contribution in [3.63, 3.8) is 0 Å². The summed E-state index contributed by atoms with van der Waals surface area (Å²) in [6, 6.07) is 4.40. The van der Waals surface area contributed by atoms with E-state index < -0.39 is 11.9 Å². The van der Waals surface area contributed by atoms with E-state index >= 15 is 0 Å². The standard InChI is InChI=1S/C9H8BrFN2O2/c1-15-9(14)13-12-5-6-4-7(10)2-3-8(6)11/h2-5H,1H3,(H,13,14)/b12-5-. The zero-order valence-electron chi connectivity index (χ0n) is 7.83. The van der Waals surface area contributed by atoms with Gasteiger partial charge in [-0.3, -0.25) is 0 Å². The largest absolute Gasteiger partial charge is 0.452 e. The highest BCUT2D eigenvalue weighted by Crippen LogP contribution is 2.13. The highest BCUT2D eigenvalue weighted by molar-refractivity contribution is 9.10. The summed E-state index contributed by atoms with van der Waals surface area (Å²) in [5, 5.41) is 3.50. The van der Waals surface area contributed by atoms with Crippen LogP contribution in [0.15, 0.2) is 27.8 Å². The van der Waals surface area contributed by atoms with Crippen LogP contribution in [0.3, 0.4) is 0 Å². The minimum absolute atomic E-state index is 0.265.